The molecule has 3 aromatic carbocycles. The van der Waals surface area contributed by atoms with Crippen molar-refractivity contribution in [3.63, 3.8) is 0 Å². The Hall–Kier alpha value is -4.30. The Morgan fingerprint density at radius 3 is 2.64 bits per heavy atom. The maximum atomic E-state index is 13.4. The lowest BCUT2D eigenvalue weighted by molar-refractivity contribution is 0.174. The van der Waals surface area contributed by atoms with Gasteiger partial charge in [-0.05, 0) is 78.7 Å². The number of halogens is 2. The smallest absolute Gasteiger partial charge is 0.189 e. The van der Waals surface area contributed by atoms with Gasteiger partial charge in [0.2, 0.25) is 0 Å². The number of aromatic nitrogens is 4. The van der Waals surface area contributed by atoms with Gasteiger partial charge in [0.15, 0.2) is 5.88 Å². The molecule has 1 unspecified atom stereocenters. The van der Waals surface area contributed by atoms with E-state index in [1.165, 1.54) is 24.0 Å². The van der Waals surface area contributed by atoms with Crippen LogP contribution in [0.3, 0.4) is 0 Å². The summed E-state index contributed by atoms with van der Waals surface area (Å²) in [6.45, 7) is 6.25. The molecule has 3 heterocycles. The fraction of sp³-hybridized carbons (Fsp3) is 0.200. The Morgan fingerprint density at radius 2 is 1.87 bits per heavy atom. The van der Waals surface area contributed by atoms with Crippen LogP contribution in [-0.2, 0) is 13.0 Å². The predicted octanol–water partition coefficient (Wildman–Crippen LogP) is 6.52. The molecule has 1 aliphatic rings. The standard InChI is InChI=1S/C30H27ClFN5O2/c1-20(39-25-10-6-23(32)7-11-25)37-15-13-26-27-17-22(31)5-12-28(27)35-29(26)30(37)21-3-8-24(9-4-21)38-16-2-14-36-19-33-18-34-36/h3-12,17-19,30,35H,1-2,13-16H2. The summed E-state index contributed by atoms with van der Waals surface area (Å²) in [4.78, 5) is 9.72. The lowest BCUT2D eigenvalue weighted by atomic mass is 9.92. The zero-order chi connectivity index (χ0) is 26.8. The van der Waals surface area contributed by atoms with Crippen LogP contribution < -0.4 is 9.47 Å². The van der Waals surface area contributed by atoms with Gasteiger partial charge >= 0.3 is 0 Å². The number of hydrogen-bond acceptors (Lipinski definition) is 5. The number of rotatable bonds is 9. The largest absolute Gasteiger partial charge is 0.494 e. The molecule has 5 aromatic rings. The average molecular weight is 544 g/mol. The van der Waals surface area contributed by atoms with Gasteiger partial charge in [-0.2, -0.15) is 5.10 Å². The lowest BCUT2D eigenvalue weighted by Gasteiger charge is -2.38. The van der Waals surface area contributed by atoms with E-state index in [0.717, 1.165) is 47.3 Å². The summed E-state index contributed by atoms with van der Waals surface area (Å²) in [6, 6.07) is 19.8. The van der Waals surface area contributed by atoms with Crippen LogP contribution in [0.15, 0.2) is 91.8 Å². The molecule has 0 fully saturated rings. The summed E-state index contributed by atoms with van der Waals surface area (Å²) in [7, 11) is 0. The van der Waals surface area contributed by atoms with Gasteiger partial charge in [-0.25, -0.2) is 9.37 Å². The molecule has 0 amide bonds. The number of nitrogens with one attached hydrogen (secondary N) is 1. The summed E-state index contributed by atoms with van der Waals surface area (Å²) in [5.74, 6) is 1.50. The Bertz CT molecular complexity index is 1580. The maximum absolute atomic E-state index is 13.4. The van der Waals surface area contributed by atoms with Gasteiger partial charge in [-0.1, -0.05) is 23.7 Å². The van der Waals surface area contributed by atoms with Crippen LogP contribution in [0.4, 0.5) is 4.39 Å². The van der Waals surface area contributed by atoms with Gasteiger partial charge in [-0.15, -0.1) is 0 Å². The van der Waals surface area contributed by atoms with Gasteiger partial charge < -0.3 is 19.4 Å². The van der Waals surface area contributed by atoms with E-state index in [0.29, 0.717) is 29.8 Å². The maximum Gasteiger partial charge on any atom is 0.189 e. The molecule has 0 radical (unpaired) electrons. The highest BCUT2D eigenvalue weighted by atomic mass is 35.5. The normalized spacial score (nSPS) is 14.8. The molecule has 1 N–H and O–H groups in total. The summed E-state index contributed by atoms with van der Waals surface area (Å²) >= 11 is 6.34. The predicted molar refractivity (Wildman–Crippen MR) is 148 cm³/mol. The zero-order valence-electron chi connectivity index (χ0n) is 21.2. The van der Waals surface area contributed by atoms with Crippen LogP contribution in [0.25, 0.3) is 10.9 Å². The molecule has 2 aromatic heterocycles. The first-order chi connectivity index (χ1) is 19.0. The number of aryl methyl sites for hydroxylation is 1. The third-order valence-electron chi connectivity index (χ3n) is 6.92. The molecule has 39 heavy (non-hydrogen) atoms. The van der Waals surface area contributed by atoms with Crippen LogP contribution in [0.1, 0.15) is 29.3 Å². The Labute approximate surface area is 230 Å². The molecule has 6 rings (SSSR count). The Morgan fingerprint density at radius 1 is 1.08 bits per heavy atom. The number of nitrogens with zero attached hydrogens (tertiary/aromatic N) is 4. The minimum atomic E-state index is -0.314. The number of fused-ring (bicyclic) bond motifs is 3. The molecule has 1 aliphatic heterocycles. The van der Waals surface area contributed by atoms with E-state index in [9.17, 15) is 4.39 Å². The minimum Gasteiger partial charge on any atom is -0.494 e. The van der Waals surface area contributed by atoms with E-state index < -0.39 is 0 Å². The average Bonchev–Trinajstić information content (AvgIpc) is 3.60. The highest BCUT2D eigenvalue weighted by molar-refractivity contribution is 6.31. The van der Waals surface area contributed by atoms with Crippen LogP contribution in [0.2, 0.25) is 5.02 Å². The monoisotopic (exact) mass is 543 g/mol. The highest BCUT2D eigenvalue weighted by Crippen LogP contribution is 2.41. The number of hydrogen-bond donors (Lipinski definition) is 1. The van der Waals surface area contributed by atoms with Crippen molar-refractivity contribution in [2.45, 2.75) is 25.4 Å². The van der Waals surface area contributed by atoms with Crippen molar-refractivity contribution in [2.24, 2.45) is 0 Å². The Balaban J connectivity index is 1.26. The minimum absolute atomic E-state index is 0.172. The van der Waals surface area contributed by atoms with Crippen molar-refractivity contribution in [2.75, 3.05) is 13.2 Å². The summed E-state index contributed by atoms with van der Waals surface area (Å²) in [5, 5.41) is 5.95. The van der Waals surface area contributed by atoms with Crippen molar-refractivity contribution >= 4 is 22.5 Å². The second kappa shape index (κ2) is 10.8. The van der Waals surface area contributed by atoms with Crippen molar-refractivity contribution < 1.29 is 13.9 Å². The van der Waals surface area contributed by atoms with Gasteiger partial charge in [0.1, 0.15) is 30.0 Å². The van der Waals surface area contributed by atoms with E-state index in [1.54, 1.807) is 23.1 Å². The molecule has 198 valence electrons. The first-order valence-electron chi connectivity index (χ1n) is 12.8. The topological polar surface area (TPSA) is 68.2 Å². The third-order valence-corrected chi connectivity index (χ3v) is 7.16. The number of H-pyrrole nitrogens is 1. The molecule has 7 nitrogen and oxygen atoms in total. The van der Waals surface area contributed by atoms with Crippen LogP contribution in [0, 0.1) is 5.82 Å². The van der Waals surface area contributed by atoms with E-state index in [4.69, 9.17) is 21.1 Å². The van der Waals surface area contributed by atoms with Crippen LogP contribution in [0.5, 0.6) is 11.5 Å². The van der Waals surface area contributed by atoms with E-state index >= 15 is 0 Å². The molecule has 0 saturated carbocycles. The number of aromatic amines is 1. The quantitative estimate of drug-likeness (QED) is 0.169. The molecule has 0 bridgehead atoms. The summed E-state index contributed by atoms with van der Waals surface area (Å²) < 4.78 is 27.3. The van der Waals surface area contributed by atoms with Gasteiger partial charge in [0.25, 0.3) is 0 Å². The van der Waals surface area contributed by atoms with Gasteiger partial charge in [0.05, 0.1) is 12.6 Å². The molecule has 0 saturated heterocycles. The molecule has 0 spiro atoms. The van der Waals surface area contributed by atoms with Crippen LogP contribution >= 0.6 is 11.6 Å². The molecular formula is C30H27ClFN5O2. The summed E-state index contributed by atoms with van der Waals surface area (Å²) in [5.41, 5.74) is 4.40. The molecule has 0 aliphatic carbocycles. The van der Waals surface area contributed by atoms with Crippen molar-refractivity contribution in [1.29, 1.82) is 0 Å². The van der Waals surface area contributed by atoms with Crippen LogP contribution in [-0.4, -0.2) is 37.8 Å². The molecular weight excluding hydrogens is 517 g/mol. The van der Waals surface area contributed by atoms with E-state index in [1.807, 2.05) is 30.3 Å². The van der Waals surface area contributed by atoms with Gasteiger partial charge in [0, 0.05) is 41.1 Å². The van der Waals surface area contributed by atoms with Crippen molar-refractivity contribution in [3.05, 3.63) is 120 Å². The highest BCUT2D eigenvalue weighted by Gasteiger charge is 2.33. The lowest BCUT2D eigenvalue weighted by Crippen LogP contribution is -2.36. The first-order valence-corrected chi connectivity index (χ1v) is 13.2. The number of benzene rings is 3. The zero-order valence-corrected chi connectivity index (χ0v) is 21.9. The first kappa shape index (κ1) is 25.0. The fourth-order valence-corrected chi connectivity index (χ4v) is 5.26. The Kier molecular flexibility index (Phi) is 6.94. The van der Waals surface area contributed by atoms with Crippen molar-refractivity contribution in [3.8, 4) is 11.5 Å². The molecule has 1 atom stereocenters. The summed E-state index contributed by atoms with van der Waals surface area (Å²) in [6.07, 6.45) is 4.85. The van der Waals surface area contributed by atoms with Crippen molar-refractivity contribution in [1.82, 2.24) is 24.6 Å². The third kappa shape index (κ3) is 5.33. The van der Waals surface area contributed by atoms with Gasteiger partial charge in [-0.3, -0.25) is 4.68 Å². The molecule has 9 heteroatoms. The second-order valence-electron chi connectivity index (χ2n) is 9.43. The number of ether oxygens (including phenoxy) is 2. The fourth-order valence-electron chi connectivity index (χ4n) is 5.08. The van der Waals surface area contributed by atoms with E-state index in [2.05, 4.69) is 38.7 Å². The SMILES string of the molecule is C=C(Oc1ccc(F)cc1)N1CCc2c([nH]c3ccc(Cl)cc23)C1c1ccc(OCCCn2cncn2)cc1. The second-order valence-corrected chi connectivity index (χ2v) is 9.87. The van der Waals surface area contributed by atoms with E-state index in [-0.39, 0.29) is 11.9 Å².